The van der Waals surface area contributed by atoms with Crippen molar-refractivity contribution in [3.63, 3.8) is 0 Å². The highest BCUT2D eigenvalue weighted by Gasteiger charge is 2.39. The van der Waals surface area contributed by atoms with E-state index in [9.17, 15) is 23.1 Å². The van der Waals surface area contributed by atoms with Gasteiger partial charge in [0.25, 0.3) is 10.1 Å². The number of rotatable bonds is 5. The van der Waals surface area contributed by atoms with E-state index in [4.69, 9.17) is 4.55 Å². The molecule has 0 unspecified atom stereocenters. The van der Waals surface area contributed by atoms with Crippen molar-refractivity contribution in [1.29, 1.82) is 0 Å². The highest BCUT2D eigenvalue weighted by molar-refractivity contribution is 7.85. The first-order valence-electron chi connectivity index (χ1n) is 6.92. The predicted octanol–water partition coefficient (Wildman–Crippen LogP) is 1.72. The van der Waals surface area contributed by atoms with Gasteiger partial charge in [-0.05, 0) is 18.6 Å². The van der Waals surface area contributed by atoms with E-state index >= 15 is 0 Å². The van der Waals surface area contributed by atoms with E-state index in [1.165, 1.54) is 0 Å². The molecule has 1 aromatic carbocycles. The van der Waals surface area contributed by atoms with Crippen molar-refractivity contribution in [1.82, 2.24) is 0 Å². The van der Waals surface area contributed by atoms with Gasteiger partial charge in [-0.1, -0.05) is 39.0 Å². The molecule has 128 valence electrons. The van der Waals surface area contributed by atoms with Crippen LogP contribution in [0.15, 0.2) is 24.3 Å². The third kappa shape index (κ3) is 5.04. The minimum atomic E-state index is -4.59. The third-order valence-electron chi connectivity index (χ3n) is 3.20. The Morgan fingerprint density at radius 2 is 1.74 bits per heavy atom. The van der Waals surface area contributed by atoms with Crippen LogP contribution in [0.1, 0.15) is 26.3 Å². The molecule has 0 spiro atoms. The number of nitrogens with zero attached hydrogens (tertiary/aromatic N) is 1. The molecule has 0 heterocycles. The van der Waals surface area contributed by atoms with E-state index in [2.05, 4.69) is 0 Å². The number of aliphatic carboxylic acids is 1. The second kappa shape index (κ2) is 6.67. The van der Waals surface area contributed by atoms with Crippen molar-refractivity contribution in [2.45, 2.75) is 33.7 Å². The number of carbonyl (C=O) groups excluding carboxylic acids is 1. The highest BCUT2D eigenvalue weighted by Crippen LogP contribution is 2.28. The van der Waals surface area contributed by atoms with Crippen LogP contribution in [0.3, 0.4) is 0 Å². The Balaban J connectivity index is 3.53. The molecule has 23 heavy (non-hydrogen) atoms. The molecule has 0 saturated heterocycles. The summed E-state index contributed by atoms with van der Waals surface area (Å²) in [7, 11) is -4.59. The predicted molar refractivity (Wildman–Crippen MR) is 86.0 cm³/mol. The summed E-state index contributed by atoms with van der Waals surface area (Å²) in [5, 5.41) is 9.40. The molecule has 0 radical (unpaired) electrons. The van der Waals surface area contributed by atoms with Gasteiger partial charge < -0.3 is 5.11 Å². The number of hydrogen-bond acceptors (Lipinski definition) is 4. The fraction of sp³-hybridized carbons (Fsp3) is 0.467. The molecule has 7 nitrogen and oxygen atoms in total. The Morgan fingerprint density at radius 3 is 2.13 bits per heavy atom. The number of amides is 1. The number of para-hydroxylation sites is 1. The summed E-state index contributed by atoms with van der Waals surface area (Å²) in [6.07, 6.45) is 0. The summed E-state index contributed by atoms with van der Waals surface area (Å²) in [4.78, 5) is 25.2. The van der Waals surface area contributed by atoms with Crippen LogP contribution in [0, 0.1) is 12.3 Å². The molecule has 0 aromatic heterocycles. The summed E-state index contributed by atoms with van der Waals surface area (Å²) in [6.45, 7) is 6.50. The van der Waals surface area contributed by atoms with Gasteiger partial charge in [-0.25, -0.2) is 4.79 Å². The first kappa shape index (κ1) is 19.1. The summed E-state index contributed by atoms with van der Waals surface area (Å²) < 4.78 is 31.4. The average Bonchev–Trinajstić information content (AvgIpc) is 2.37. The number of aryl methyl sites for hydroxylation is 1. The van der Waals surface area contributed by atoms with Gasteiger partial charge in [-0.3, -0.25) is 14.2 Å². The number of benzene rings is 1. The minimum Gasteiger partial charge on any atom is -0.480 e. The van der Waals surface area contributed by atoms with Gasteiger partial charge in [-0.15, -0.1) is 0 Å². The van der Waals surface area contributed by atoms with Crippen LogP contribution >= 0.6 is 0 Å². The van der Waals surface area contributed by atoms with Crippen LogP contribution in [0.5, 0.6) is 0 Å². The van der Waals surface area contributed by atoms with Gasteiger partial charge in [0.05, 0.1) is 0 Å². The Labute approximate surface area is 135 Å². The monoisotopic (exact) mass is 343 g/mol. The number of hydrogen-bond donors (Lipinski definition) is 2. The van der Waals surface area contributed by atoms with Gasteiger partial charge in [0.1, 0.15) is 5.75 Å². The third-order valence-corrected chi connectivity index (χ3v) is 3.94. The standard InChI is InChI=1S/C15H21NO6S/c1-10-7-5-6-8-11(10)16(14(19)15(2,3)4)12(13(17)18)9-23(20,21)22/h5-8,12H,9H2,1-4H3,(H,17,18)(H,20,21,22)/t12-/m0/s1. The maximum atomic E-state index is 12.7. The van der Waals surface area contributed by atoms with Gasteiger partial charge >= 0.3 is 5.97 Å². The Morgan fingerprint density at radius 1 is 1.22 bits per heavy atom. The molecule has 1 amide bonds. The van der Waals surface area contributed by atoms with Gasteiger partial charge in [-0.2, -0.15) is 8.42 Å². The molecule has 0 aliphatic carbocycles. The van der Waals surface area contributed by atoms with Crippen LogP contribution in [0.4, 0.5) is 5.69 Å². The van der Waals surface area contributed by atoms with E-state index in [0.29, 0.717) is 11.3 Å². The molecule has 1 atom stereocenters. The van der Waals surface area contributed by atoms with E-state index < -0.39 is 39.2 Å². The van der Waals surface area contributed by atoms with Crippen LogP contribution in [0.2, 0.25) is 0 Å². The van der Waals surface area contributed by atoms with Gasteiger partial charge in [0.2, 0.25) is 5.91 Å². The van der Waals surface area contributed by atoms with E-state index in [1.807, 2.05) is 0 Å². The molecule has 0 aliphatic rings. The summed E-state index contributed by atoms with van der Waals surface area (Å²) in [5.74, 6) is -3.15. The lowest BCUT2D eigenvalue weighted by Crippen LogP contribution is -2.53. The quantitative estimate of drug-likeness (QED) is 0.787. The van der Waals surface area contributed by atoms with Crippen molar-refractivity contribution >= 4 is 27.7 Å². The fourth-order valence-corrected chi connectivity index (χ4v) is 2.76. The average molecular weight is 343 g/mol. The molecule has 0 bridgehead atoms. The lowest BCUT2D eigenvalue weighted by atomic mass is 9.93. The zero-order valence-electron chi connectivity index (χ0n) is 13.5. The minimum absolute atomic E-state index is 0.295. The topological polar surface area (TPSA) is 112 Å². The molecule has 0 aliphatic heterocycles. The van der Waals surface area contributed by atoms with Crippen LogP contribution in [0.25, 0.3) is 0 Å². The van der Waals surface area contributed by atoms with E-state index in [1.54, 1.807) is 52.0 Å². The lowest BCUT2D eigenvalue weighted by Gasteiger charge is -2.34. The van der Waals surface area contributed by atoms with Crippen LogP contribution < -0.4 is 4.90 Å². The maximum absolute atomic E-state index is 12.7. The largest absolute Gasteiger partial charge is 0.480 e. The maximum Gasteiger partial charge on any atom is 0.327 e. The zero-order valence-corrected chi connectivity index (χ0v) is 14.3. The normalized spacial score (nSPS) is 13.4. The lowest BCUT2D eigenvalue weighted by molar-refractivity contribution is -0.140. The molecule has 0 saturated carbocycles. The number of carboxylic acid groups (broad SMARTS) is 1. The molecular weight excluding hydrogens is 322 g/mol. The van der Waals surface area contributed by atoms with Crippen molar-refractivity contribution in [2.75, 3.05) is 10.7 Å². The molecule has 1 aromatic rings. The fourth-order valence-electron chi connectivity index (χ4n) is 2.07. The molecule has 8 heteroatoms. The molecule has 1 rings (SSSR count). The van der Waals surface area contributed by atoms with Crippen molar-refractivity contribution < 1.29 is 27.7 Å². The van der Waals surface area contributed by atoms with Crippen LogP contribution in [-0.2, 0) is 19.7 Å². The Bertz CT molecular complexity index is 705. The number of anilines is 1. The smallest absolute Gasteiger partial charge is 0.327 e. The molecule has 2 N–H and O–H groups in total. The van der Waals surface area contributed by atoms with E-state index in [0.717, 1.165) is 4.90 Å². The van der Waals surface area contributed by atoms with E-state index in [-0.39, 0.29) is 0 Å². The van der Waals surface area contributed by atoms with Crippen molar-refractivity contribution in [3.05, 3.63) is 29.8 Å². The van der Waals surface area contributed by atoms with Crippen molar-refractivity contribution in [2.24, 2.45) is 5.41 Å². The SMILES string of the molecule is Cc1ccccc1N(C(=O)C(C)(C)C)[C@@H](CS(=O)(=O)O)C(=O)O. The van der Waals surface area contributed by atoms with Gasteiger partial charge in [0, 0.05) is 11.1 Å². The van der Waals surface area contributed by atoms with Crippen molar-refractivity contribution in [3.8, 4) is 0 Å². The van der Waals surface area contributed by atoms with Gasteiger partial charge in [0.15, 0.2) is 6.04 Å². The van der Waals surface area contributed by atoms with Crippen LogP contribution in [-0.4, -0.2) is 41.7 Å². The highest BCUT2D eigenvalue weighted by atomic mass is 32.2. The Hall–Kier alpha value is -1.93. The second-order valence-electron chi connectivity index (χ2n) is 6.31. The first-order valence-corrected chi connectivity index (χ1v) is 8.53. The number of carbonyl (C=O) groups is 2. The second-order valence-corrected chi connectivity index (χ2v) is 7.81. The summed E-state index contributed by atoms with van der Waals surface area (Å²) in [6, 6.07) is 4.84. The number of carboxylic acids is 1. The first-order chi connectivity index (χ1) is 10.3. The zero-order chi connectivity index (χ0) is 18.0. The molecule has 0 fully saturated rings. The summed E-state index contributed by atoms with van der Waals surface area (Å²) >= 11 is 0. The Kier molecular flexibility index (Phi) is 5.55. The molecular formula is C15H21NO6S. The summed E-state index contributed by atoms with van der Waals surface area (Å²) in [5.41, 5.74) is -0.0231.